The zero-order valence-corrected chi connectivity index (χ0v) is 11.2. The van der Waals surface area contributed by atoms with E-state index in [0.29, 0.717) is 5.92 Å². The molecular weight excluding hydrogens is 284 g/mol. The van der Waals surface area contributed by atoms with E-state index in [4.69, 9.17) is 10.5 Å². The first-order valence-electron chi connectivity index (χ1n) is 5.81. The van der Waals surface area contributed by atoms with Gasteiger partial charge >= 0.3 is 0 Å². The molecule has 0 amide bonds. The van der Waals surface area contributed by atoms with Crippen molar-refractivity contribution in [1.29, 1.82) is 0 Å². The number of aliphatic hydroxyl groups is 1. The second kappa shape index (κ2) is 5.91. The first-order chi connectivity index (χ1) is 8.22. The van der Waals surface area contributed by atoms with Crippen molar-refractivity contribution in [2.45, 2.75) is 25.5 Å². The van der Waals surface area contributed by atoms with Crippen LogP contribution in [-0.4, -0.2) is 23.3 Å². The first-order valence-corrected chi connectivity index (χ1v) is 6.60. The van der Waals surface area contributed by atoms with Crippen LogP contribution in [0.15, 0.2) is 16.7 Å². The van der Waals surface area contributed by atoms with Crippen molar-refractivity contribution in [3.63, 3.8) is 0 Å². The average Bonchev–Trinajstić information content (AvgIpc) is 2.39. The average molecular weight is 301 g/mol. The number of ether oxygens (including phenoxy) is 1. The molecule has 0 aliphatic carbocycles. The van der Waals surface area contributed by atoms with Crippen LogP contribution in [0.2, 0.25) is 0 Å². The summed E-state index contributed by atoms with van der Waals surface area (Å²) in [5, 5.41) is 9.35. The second-order valence-electron chi connectivity index (χ2n) is 4.33. The van der Waals surface area contributed by atoms with Gasteiger partial charge in [0.05, 0.1) is 18.3 Å². The topological polar surface area (TPSA) is 68.4 Å². The molecule has 1 fully saturated rings. The van der Waals surface area contributed by atoms with Crippen LogP contribution in [0, 0.1) is 5.92 Å². The van der Waals surface area contributed by atoms with E-state index >= 15 is 0 Å². The maximum Gasteiger partial charge on any atom is 0.0700 e. The molecule has 4 nitrogen and oxygen atoms in total. The van der Waals surface area contributed by atoms with E-state index in [1.54, 1.807) is 6.20 Å². The van der Waals surface area contributed by atoms with Gasteiger partial charge < -0.3 is 15.6 Å². The van der Waals surface area contributed by atoms with Crippen molar-refractivity contribution in [2.75, 3.05) is 13.2 Å². The number of hydrogen-bond donors (Lipinski definition) is 2. The van der Waals surface area contributed by atoms with Crippen molar-refractivity contribution >= 4 is 15.9 Å². The zero-order chi connectivity index (χ0) is 12.3. The Morgan fingerprint density at radius 1 is 1.53 bits per heavy atom. The Labute approximate surface area is 109 Å². The lowest BCUT2D eigenvalue weighted by atomic mass is 9.88. The summed E-state index contributed by atoms with van der Waals surface area (Å²) in [6, 6.07) is 1.76. The Morgan fingerprint density at radius 3 is 2.88 bits per heavy atom. The van der Waals surface area contributed by atoms with E-state index in [9.17, 15) is 5.11 Å². The summed E-state index contributed by atoms with van der Waals surface area (Å²) in [7, 11) is 0. The molecule has 1 atom stereocenters. The summed E-state index contributed by atoms with van der Waals surface area (Å²) in [6.07, 6.45) is 3.65. The fraction of sp³-hybridized carbons (Fsp3) is 0.583. The Bertz CT molecular complexity index is 381. The van der Waals surface area contributed by atoms with Crippen LogP contribution < -0.4 is 5.73 Å². The van der Waals surface area contributed by atoms with Crippen LogP contribution in [0.4, 0.5) is 0 Å². The lowest BCUT2D eigenvalue weighted by Gasteiger charge is -2.28. The van der Waals surface area contributed by atoms with E-state index < -0.39 is 0 Å². The maximum atomic E-state index is 9.35. The Hall–Kier alpha value is -0.490. The molecule has 2 heterocycles. The van der Waals surface area contributed by atoms with Gasteiger partial charge in [0.2, 0.25) is 0 Å². The van der Waals surface area contributed by atoms with Crippen molar-refractivity contribution in [3.8, 4) is 0 Å². The minimum atomic E-state index is -0.117. The van der Waals surface area contributed by atoms with E-state index in [2.05, 4.69) is 20.9 Å². The number of aliphatic hydroxyl groups excluding tert-OH is 1. The van der Waals surface area contributed by atoms with E-state index in [1.165, 1.54) is 0 Å². The molecule has 0 saturated carbocycles. The standard InChI is InChI=1S/C12H17BrN2O2/c13-10-5-9(7-16)12(15-6-10)11(14)8-1-3-17-4-2-8/h5-6,8,11,16H,1-4,7,14H2. The van der Waals surface area contributed by atoms with Gasteiger partial charge in [-0.15, -0.1) is 0 Å². The molecule has 1 aromatic rings. The number of rotatable bonds is 3. The Morgan fingerprint density at radius 2 is 2.24 bits per heavy atom. The van der Waals surface area contributed by atoms with Gasteiger partial charge in [0.15, 0.2) is 0 Å². The largest absolute Gasteiger partial charge is 0.392 e. The van der Waals surface area contributed by atoms with Gasteiger partial charge in [-0.2, -0.15) is 0 Å². The Balaban J connectivity index is 2.19. The van der Waals surface area contributed by atoms with Gasteiger partial charge in [-0.1, -0.05) is 0 Å². The summed E-state index contributed by atoms with van der Waals surface area (Å²) in [6.45, 7) is 1.51. The third kappa shape index (κ3) is 3.04. The minimum Gasteiger partial charge on any atom is -0.392 e. The molecule has 0 spiro atoms. The number of nitrogens with zero attached hydrogens (tertiary/aromatic N) is 1. The van der Waals surface area contributed by atoms with Gasteiger partial charge in [-0.3, -0.25) is 4.98 Å². The normalized spacial score (nSPS) is 19.2. The number of halogens is 1. The molecule has 17 heavy (non-hydrogen) atoms. The highest BCUT2D eigenvalue weighted by atomic mass is 79.9. The van der Waals surface area contributed by atoms with Gasteiger partial charge in [-0.25, -0.2) is 0 Å². The van der Waals surface area contributed by atoms with Gasteiger partial charge in [0, 0.05) is 29.4 Å². The quantitative estimate of drug-likeness (QED) is 0.892. The first kappa shape index (κ1) is 13.0. The van der Waals surface area contributed by atoms with Crippen molar-refractivity contribution < 1.29 is 9.84 Å². The molecule has 1 unspecified atom stereocenters. The molecular formula is C12H17BrN2O2. The summed E-state index contributed by atoms with van der Waals surface area (Å²) < 4.78 is 6.19. The lowest BCUT2D eigenvalue weighted by Crippen LogP contribution is -2.29. The maximum absolute atomic E-state index is 9.35. The third-order valence-electron chi connectivity index (χ3n) is 3.23. The van der Waals surface area contributed by atoms with Crippen LogP contribution in [0.3, 0.4) is 0 Å². The molecule has 0 radical (unpaired) electrons. The second-order valence-corrected chi connectivity index (χ2v) is 5.25. The lowest BCUT2D eigenvalue weighted by molar-refractivity contribution is 0.0577. The summed E-state index contributed by atoms with van der Waals surface area (Å²) in [4.78, 5) is 4.35. The van der Waals surface area contributed by atoms with Crippen LogP contribution >= 0.6 is 15.9 Å². The molecule has 0 aromatic carbocycles. The molecule has 5 heteroatoms. The number of hydrogen-bond acceptors (Lipinski definition) is 4. The molecule has 2 rings (SSSR count). The van der Waals surface area contributed by atoms with Gasteiger partial charge in [0.1, 0.15) is 0 Å². The van der Waals surface area contributed by atoms with E-state index in [0.717, 1.165) is 41.8 Å². The van der Waals surface area contributed by atoms with E-state index in [1.807, 2.05) is 6.07 Å². The van der Waals surface area contributed by atoms with Crippen LogP contribution in [-0.2, 0) is 11.3 Å². The van der Waals surface area contributed by atoms with Crippen LogP contribution in [0.5, 0.6) is 0 Å². The number of aromatic nitrogens is 1. The SMILES string of the molecule is NC(c1ncc(Br)cc1CO)C1CCOCC1. The van der Waals surface area contributed by atoms with Gasteiger partial charge in [0.25, 0.3) is 0 Å². The van der Waals surface area contributed by atoms with Gasteiger partial charge in [-0.05, 0) is 40.8 Å². The molecule has 3 N–H and O–H groups in total. The Kier molecular flexibility index (Phi) is 4.50. The summed E-state index contributed by atoms with van der Waals surface area (Å²) in [5.41, 5.74) is 7.86. The molecule has 1 saturated heterocycles. The molecule has 1 aromatic heterocycles. The van der Waals surface area contributed by atoms with Crippen molar-refractivity contribution in [2.24, 2.45) is 11.7 Å². The molecule has 1 aliphatic heterocycles. The zero-order valence-electron chi connectivity index (χ0n) is 9.60. The predicted molar refractivity (Wildman–Crippen MR) is 68.3 cm³/mol. The highest BCUT2D eigenvalue weighted by Crippen LogP contribution is 2.29. The number of pyridine rings is 1. The smallest absolute Gasteiger partial charge is 0.0700 e. The highest BCUT2D eigenvalue weighted by Gasteiger charge is 2.25. The van der Waals surface area contributed by atoms with Crippen molar-refractivity contribution in [3.05, 3.63) is 28.0 Å². The molecule has 94 valence electrons. The predicted octanol–water partition coefficient (Wildman–Crippen LogP) is 1.76. The highest BCUT2D eigenvalue weighted by molar-refractivity contribution is 9.10. The van der Waals surface area contributed by atoms with Crippen LogP contribution in [0.1, 0.15) is 30.1 Å². The molecule has 1 aliphatic rings. The summed E-state index contributed by atoms with van der Waals surface area (Å²) >= 11 is 3.35. The monoisotopic (exact) mass is 300 g/mol. The van der Waals surface area contributed by atoms with Crippen LogP contribution in [0.25, 0.3) is 0 Å². The fourth-order valence-electron chi connectivity index (χ4n) is 2.22. The van der Waals surface area contributed by atoms with E-state index in [-0.39, 0.29) is 12.6 Å². The van der Waals surface area contributed by atoms with Crippen molar-refractivity contribution in [1.82, 2.24) is 4.98 Å². The minimum absolute atomic E-state index is 0.0291. The molecule has 0 bridgehead atoms. The number of nitrogens with two attached hydrogens (primary N) is 1. The summed E-state index contributed by atoms with van der Waals surface area (Å²) in [5.74, 6) is 0.391. The third-order valence-corrected chi connectivity index (χ3v) is 3.66. The fourth-order valence-corrected chi connectivity index (χ4v) is 2.60.